The van der Waals surface area contributed by atoms with Gasteiger partial charge in [-0.15, -0.1) is 0 Å². The summed E-state index contributed by atoms with van der Waals surface area (Å²) < 4.78 is 4.15. The molecule has 1 atom stereocenters. The van der Waals surface area contributed by atoms with Crippen LogP contribution in [0.3, 0.4) is 0 Å². The highest BCUT2D eigenvalue weighted by molar-refractivity contribution is 6.82. The molecule has 0 aliphatic heterocycles. The lowest BCUT2D eigenvalue weighted by Crippen LogP contribution is -2.50. The van der Waals surface area contributed by atoms with Crippen LogP contribution < -0.4 is 9.62 Å². The van der Waals surface area contributed by atoms with E-state index in [1.165, 1.54) is 11.1 Å². The molecule has 8 nitrogen and oxygen atoms in total. The summed E-state index contributed by atoms with van der Waals surface area (Å²) in [5.74, 6) is 1.68. The Balaban J connectivity index is 1.50. The van der Waals surface area contributed by atoms with E-state index in [1.54, 1.807) is 10.9 Å². The van der Waals surface area contributed by atoms with Crippen LogP contribution in [0.15, 0.2) is 110 Å². The van der Waals surface area contributed by atoms with E-state index in [0.29, 0.717) is 0 Å². The fourth-order valence-electron chi connectivity index (χ4n) is 6.23. The molecule has 0 aliphatic rings. The summed E-state index contributed by atoms with van der Waals surface area (Å²) in [6.45, 7) is 8.80. The molecule has 47 heavy (non-hydrogen) atoms. The van der Waals surface area contributed by atoms with E-state index in [1.807, 2.05) is 49.7 Å². The van der Waals surface area contributed by atoms with Crippen molar-refractivity contribution in [3.8, 4) is 17.3 Å². The summed E-state index contributed by atoms with van der Waals surface area (Å²) in [5, 5.41) is 15.8. The van der Waals surface area contributed by atoms with Gasteiger partial charge < -0.3 is 9.62 Å². The van der Waals surface area contributed by atoms with Gasteiger partial charge in [0.25, 0.3) is 0 Å². The number of rotatable bonds is 11. The van der Waals surface area contributed by atoms with Crippen LogP contribution in [-0.4, -0.2) is 45.5 Å². The van der Waals surface area contributed by atoms with Gasteiger partial charge in [-0.2, -0.15) is 10.4 Å². The molecule has 0 saturated heterocycles. The predicted octanol–water partition coefficient (Wildman–Crippen LogP) is 7.66. The topological polar surface area (TPSA) is 86.8 Å². The fourth-order valence-corrected chi connectivity index (χ4v) is 6.23. The van der Waals surface area contributed by atoms with Crippen LogP contribution in [0.2, 0.25) is 13.6 Å². The average Bonchev–Trinajstić information content (AvgIpc) is 3.59. The SMILES string of the molecule is CB(Cc1ccccc1)N(B(C)Cc1ccccc1)c1nc(-c2cnccc2C)cc2cc(N(C)c3cnn(C(C)C#N)c3)ncc12. The van der Waals surface area contributed by atoms with Crippen molar-refractivity contribution < 1.29 is 0 Å². The van der Waals surface area contributed by atoms with E-state index in [9.17, 15) is 5.26 Å². The Labute approximate surface area is 277 Å². The molecular weight excluding hydrogens is 578 g/mol. The van der Waals surface area contributed by atoms with Gasteiger partial charge in [-0.1, -0.05) is 85.4 Å². The number of hydrogen-bond donors (Lipinski definition) is 0. The van der Waals surface area contributed by atoms with Crippen molar-refractivity contribution in [1.82, 2.24) is 24.7 Å². The third-order valence-corrected chi connectivity index (χ3v) is 8.84. The summed E-state index contributed by atoms with van der Waals surface area (Å²) in [5.41, 5.74) is 6.41. The molecule has 0 spiro atoms. The molecule has 0 bridgehead atoms. The summed E-state index contributed by atoms with van der Waals surface area (Å²) in [4.78, 5) is 16.8. The number of aromatic nitrogens is 5. The maximum absolute atomic E-state index is 9.37. The number of aryl methyl sites for hydroxylation is 1. The quantitative estimate of drug-likeness (QED) is 0.138. The van der Waals surface area contributed by atoms with Gasteiger partial charge in [0.1, 0.15) is 17.7 Å². The van der Waals surface area contributed by atoms with Crippen LogP contribution in [0, 0.1) is 18.3 Å². The lowest BCUT2D eigenvalue weighted by Gasteiger charge is -2.35. The Morgan fingerprint density at radius 2 is 1.55 bits per heavy atom. The third kappa shape index (κ3) is 6.90. The molecule has 0 radical (unpaired) electrons. The predicted molar refractivity (Wildman–Crippen MR) is 194 cm³/mol. The molecule has 6 aromatic rings. The number of benzene rings is 2. The van der Waals surface area contributed by atoms with Crippen molar-refractivity contribution in [3.05, 3.63) is 127 Å². The number of nitriles is 1. The first-order chi connectivity index (χ1) is 22.8. The van der Waals surface area contributed by atoms with E-state index < -0.39 is 0 Å². The van der Waals surface area contributed by atoms with Gasteiger partial charge in [0.05, 0.1) is 29.8 Å². The van der Waals surface area contributed by atoms with Gasteiger partial charge in [-0.25, -0.2) is 9.97 Å². The third-order valence-electron chi connectivity index (χ3n) is 8.84. The Morgan fingerprint density at radius 1 is 0.894 bits per heavy atom. The zero-order chi connectivity index (χ0) is 32.9. The maximum atomic E-state index is 9.37. The minimum atomic E-state index is -0.359. The molecule has 4 aromatic heterocycles. The number of hydrogen-bond acceptors (Lipinski definition) is 7. The van der Waals surface area contributed by atoms with Crippen LogP contribution in [0.5, 0.6) is 0 Å². The van der Waals surface area contributed by atoms with E-state index in [2.05, 4.69) is 114 Å². The van der Waals surface area contributed by atoms with E-state index in [-0.39, 0.29) is 19.7 Å². The number of nitrogens with zero attached hydrogens (tertiary/aromatic N) is 8. The van der Waals surface area contributed by atoms with Gasteiger partial charge in [0.2, 0.25) is 13.7 Å². The molecule has 0 amide bonds. The second-order valence-electron chi connectivity index (χ2n) is 12.3. The molecule has 1 unspecified atom stereocenters. The highest BCUT2D eigenvalue weighted by Crippen LogP contribution is 2.35. The van der Waals surface area contributed by atoms with Crippen molar-refractivity contribution in [2.24, 2.45) is 0 Å². The van der Waals surface area contributed by atoms with Crippen molar-refractivity contribution in [3.63, 3.8) is 0 Å². The molecule has 0 aliphatic carbocycles. The Morgan fingerprint density at radius 3 is 2.17 bits per heavy atom. The summed E-state index contributed by atoms with van der Waals surface area (Å²) >= 11 is 0. The van der Waals surface area contributed by atoms with Crippen molar-refractivity contribution in [1.29, 1.82) is 5.26 Å². The monoisotopic (exact) mass is 616 g/mol. The Kier molecular flexibility index (Phi) is 9.35. The average molecular weight is 616 g/mol. The first-order valence-electron chi connectivity index (χ1n) is 16.1. The van der Waals surface area contributed by atoms with Crippen LogP contribution >= 0.6 is 0 Å². The summed E-state index contributed by atoms with van der Waals surface area (Å²) in [6, 6.07) is 29.5. The standard InChI is InChI=1S/C37H38B2N8/c1-27-16-17-41-24-33(27)35-18-31-19-36(45(5)32-23-43-46(26-32)28(2)22-40)42-25-34(31)37(44-35)47(38(3)20-29-12-8-6-9-13-29)39(4)21-30-14-10-7-11-15-30/h6-19,23-26,28H,20-21H2,1-5H3. The summed E-state index contributed by atoms with van der Waals surface area (Å²) in [6.07, 6.45) is 11.1. The maximum Gasteiger partial charge on any atom is 0.243 e. The minimum Gasteiger partial charge on any atom is -0.444 e. The largest absolute Gasteiger partial charge is 0.444 e. The molecule has 10 heteroatoms. The van der Waals surface area contributed by atoms with Crippen molar-refractivity contribution in [2.45, 2.75) is 46.2 Å². The molecule has 0 N–H and O–H groups in total. The Hall–Kier alpha value is -5.42. The normalized spacial score (nSPS) is 11.6. The molecule has 232 valence electrons. The number of pyridine rings is 3. The minimum absolute atomic E-state index is 0.146. The highest BCUT2D eigenvalue weighted by Gasteiger charge is 2.30. The molecular formula is C37H38B2N8. The van der Waals surface area contributed by atoms with E-state index >= 15 is 0 Å². The lowest BCUT2D eigenvalue weighted by atomic mass is 9.45. The van der Waals surface area contributed by atoms with Gasteiger partial charge in [-0.3, -0.25) is 9.67 Å². The van der Waals surface area contributed by atoms with Gasteiger partial charge >= 0.3 is 0 Å². The van der Waals surface area contributed by atoms with Crippen LogP contribution in [-0.2, 0) is 12.6 Å². The zero-order valence-corrected chi connectivity index (χ0v) is 27.6. The first-order valence-corrected chi connectivity index (χ1v) is 16.1. The molecule has 2 aromatic carbocycles. The second-order valence-corrected chi connectivity index (χ2v) is 12.3. The fraction of sp³-hybridized carbons (Fsp3) is 0.216. The van der Waals surface area contributed by atoms with Crippen LogP contribution in [0.25, 0.3) is 22.0 Å². The second kappa shape index (κ2) is 13.9. The number of anilines is 3. The van der Waals surface area contributed by atoms with Crippen LogP contribution in [0.4, 0.5) is 17.3 Å². The highest BCUT2D eigenvalue weighted by atomic mass is 15.3. The lowest BCUT2D eigenvalue weighted by molar-refractivity contribution is 0.591. The van der Waals surface area contributed by atoms with Gasteiger partial charge in [0.15, 0.2) is 0 Å². The molecule has 6 rings (SSSR count). The number of fused-ring (bicyclic) bond motifs is 1. The van der Waals surface area contributed by atoms with E-state index in [0.717, 1.165) is 57.6 Å². The first kappa shape index (κ1) is 31.6. The summed E-state index contributed by atoms with van der Waals surface area (Å²) in [7, 11) is 1.97. The molecule has 0 fully saturated rings. The van der Waals surface area contributed by atoms with Crippen molar-refractivity contribution in [2.75, 3.05) is 16.7 Å². The zero-order valence-electron chi connectivity index (χ0n) is 27.6. The Bertz CT molecular complexity index is 1960. The van der Waals surface area contributed by atoms with Gasteiger partial charge in [0, 0.05) is 36.6 Å². The smallest absolute Gasteiger partial charge is 0.243 e. The van der Waals surface area contributed by atoms with Crippen molar-refractivity contribution >= 4 is 41.8 Å². The van der Waals surface area contributed by atoms with E-state index in [4.69, 9.17) is 9.97 Å². The van der Waals surface area contributed by atoms with Gasteiger partial charge in [-0.05, 0) is 55.6 Å². The van der Waals surface area contributed by atoms with Crippen LogP contribution in [0.1, 0.15) is 29.7 Å². The molecule has 4 heterocycles. The molecule has 0 saturated carbocycles.